The highest BCUT2D eigenvalue weighted by Crippen LogP contribution is 2.19. The van der Waals surface area contributed by atoms with E-state index in [2.05, 4.69) is 23.8 Å². The Morgan fingerprint density at radius 3 is 2.81 bits per heavy atom. The average Bonchev–Trinajstić information content (AvgIpc) is 2.29. The van der Waals surface area contributed by atoms with Crippen LogP contribution in [0.5, 0.6) is 0 Å². The third-order valence-electron chi connectivity index (χ3n) is 3.32. The molecule has 0 aliphatic carbocycles. The summed E-state index contributed by atoms with van der Waals surface area (Å²) in [4.78, 5) is 12.2. The Morgan fingerprint density at radius 2 is 2.31 bits per heavy atom. The molecule has 0 aromatic carbocycles. The molecule has 3 nitrogen and oxygen atoms in total. The zero-order valence-electron chi connectivity index (χ0n) is 10.6. The fourth-order valence-corrected chi connectivity index (χ4v) is 2.78. The summed E-state index contributed by atoms with van der Waals surface area (Å²) in [5.41, 5.74) is -0.343. The van der Waals surface area contributed by atoms with Crippen LogP contribution in [0.3, 0.4) is 0 Å². The molecule has 1 aliphatic rings. The molecule has 0 radical (unpaired) electrons. The van der Waals surface area contributed by atoms with Crippen LogP contribution in [-0.4, -0.2) is 36.0 Å². The summed E-state index contributed by atoms with van der Waals surface area (Å²) in [6.45, 7) is 5.11. The zero-order valence-corrected chi connectivity index (χ0v) is 11.5. The monoisotopic (exact) mass is 244 g/mol. The predicted molar refractivity (Wildman–Crippen MR) is 70.9 cm³/mol. The van der Waals surface area contributed by atoms with Crippen molar-refractivity contribution >= 4 is 17.7 Å². The van der Waals surface area contributed by atoms with E-state index in [1.807, 2.05) is 6.92 Å². The van der Waals surface area contributed by atoms with Gasteiger partial charge in [0.1, 0.15) is 0 Å². The summed E-state index contributed by atoms with van der Waals surface area (Å²) in [7, 11) is 0. The molecular weight excluding hydrogens is 220 g/mol. The fourth-order valence-electron chi connectivity index (χ4n) is 2.06. The van der Waals surface area contributed by atoms with Crippen LogP contribution >= 0.6 is 11.8 Å². The van der Waals surface area contributed by atoms with E-state index >= 15 is 0 Å². The lowest BCUT2D eigenvalue weighted by Crippen LogP contribution is -2.58. The number of piperidine rings is 1. The zero-order chi connectivity index (χ0) is 12.0. The van der Waals surface area contributed by atoms with Crippen molar-refractivity contribution in [2.24, 2.45) is 0 Å². The second-order valence-electron chi connectivity index (χ2n) is 4.75. The molecule has 0 aromatic rings. The van der Waals surface area contributed by atoms with Crippen LogP contribution in [-0.2, 0) is 4.79 Å². The highest BCUT2D eigenvalue weighted by molar-refractivity contribution is 7.98. The Morgan fingerprint density at radius 1 is 1.56 bits per heavy atom. The van der Waals surface area contributed by atoms with E-state index in [1.165, 1.54) is 6.42 Å². The van der Waals surface area contributed by atoms with Gasteiger partial charge in [0.2, 0.25) is 5.91 Å². The Balaban J connectivity index is 2.48. The summed E-state index contributed by atoms with van der Waals surface area (Å²) >= 11 is 1.79. The van der Waals surface area contributed by atoms with E-state index in [1.54, 1.807) is 11.8 Å². The standard InChI is InChI=1S/C12H24N2OS/c1-4-10(9-16-3)14-11(15)12(2)7-5-6-8-13-12/h10,13H,4-9H2,1-3H3,(H,14,15). The van der Waals surface area contributed by atoms with E-state index in [9.17, 15) is 4.79 Å². The molecule has 0 saturated carbocycles. The Hall–Kier alpha value is -0.220. The van der Waals surface area contributed by atoms with Gasteiger partial charge in [0.15, 0.2) is 0 Å². The minimum Gasteiger partial charge on any atom is -0.351 e. The van der Waals surface area contributed by atoms with Gasteiger partial charge in [-0.3, -0.25) is 4.79 Å². The van der Waals surface area contributed by atoms with Crippen LogP contribution in [0.2, 0.25) is 0 Å². The first kappa shape index (κ1) is 13.8. The number of hydrogen-bond acceptors (Lipinski definition) is 3. The molecule has 1 heterocycles. The summed E-state index contributed by atoms with van der Waals surface area (Å²) in [5, 5.41) is 6.50. The molecule has 4 heteroatoms. The topological polar surface area (TPSA) is 41.1 Å². The number of hydrogen-bond donors (Lipinski definition) is 2. The third kappa shape index (κ3) is 3.67. The van der Waals surface area contributed by atoms with Crippen LogP contribution in [0.25, 0.3) is 0 Å². The Labute approximate surface area is 103 Å². The molecule has 1 amide bonds. The van der Waals surface area contributed by atoms with Gasteiger partial charge in [0.25, 0.3) is 0 Å². The second kappa shape index (κ2) is 6.50. The number of carbonyl (C=O) groups is 1. The average molecular weight is 244 g/mol. The highest BCUT2D eigenvalue weighted by atomic mass is 32.2. The van der Waals surface area contributed by atoms with Crippen LogP contribution in [0, 0.1) is 0 Å². The Kier molecular flexibility index (Phi) is 5.62. The van der Waals surface area contributed by atoms with Gasteiger partial charge in [-0.1, -0.05) is 6.92 Å². The summed E-state index contributed by atoms with van der Waals surface area (Å²) in [5.74, 6) is 1.17. The van der Waals surface area contributed by atoms with Gasteiger partial charge in [0.05, 0.1) is 5.54 Å². The molecule has 2 unspecified atom stereocenters. The van der Waals surface area contributed by atoms with E-state index in [0.717, 1.165) is 31.6 Å². The van der Waals surface area contributed by atoms with Gasteiger partial charge in [-0.25, -0.2) is 0 Å². The molecule has 0 aromatic heterocycles. The molecular formula is C12H24N2OS. The summed E-state index contributed by atoms with van der Waals surface area (Å²) < 4.78 is 0. The largest absolute Gasteiger partial charge is 0.351 e. The van der Waals surface area contributed by atoms with E-state index in [-0.39, 0.29) is 11.4 Å². The SMILES string of the molecule is CCC(CSC)NC(=O)C1(C)CCCCN1. The van der Waals surface area contributed by atoms with Crippen LogP contribution in [0.4, 0.5) is 0 Å². The molecule has 16 heavy (non-hydrogen) atoms. The number of carbonyl (C=O) groups excluding carboxylic acids is 1. The van der Waals surface area contributed by atoms with E-state index < -0.39 is 0 Å². The molecule has 2 N–H and O–H groups in total. The second-order valence-corrected chi connectivity index (χ2v) is 5.66. The number of thioether (sulfide) groups is 1. The van der Waals surface area contributed by atoms with Crippen molar-refractivity contribution in [3.8, 4) is 0 Å². The minimum atomic E-state index is -0.343. The Bertz CT molecular complexity index is 227. The van der Waals surface area contributed by atoms with Crippen molar-refractivity contribution in [1.82, 2.24) is 10.6 Å². The van der Waals surface area contributed by atoms with Gasteiger partial charge < -0.3 is 10.6 Å². The molecule has 94 valence electrons. The maximum absolute atomic E-state index is 12.2. The van der Waals surface area contributed by atoms with Crippen molar-refractivity contribution in [3.63, 3.8) is 0 Å². The van der Waals surface area contributed by atoms with Gasteiger partial charge >= 0.3 is 0 Å². The number of amides is 1. The third-order valence-corrected chi connectivity index (χ3v) is 4.05. The fraction of sp³-hybridized carbons (Fsp3) is 0.917. The van der Waals surface area contributed by atoms with Crippen molar-refractivity contribution in [1.29, 1.82) is 0 Å². The molecule has 2 atom stereocenters. The molecule has 1 fully saturated rings. The van der Waals surface area contributed by atoms with Crippen molar-refractivity contribution in [2.75, 3.05) is 18.6 Å². The van der Waals surface area contributed by atoms with Crippen LogP contribution in [0.1, 0.15) is 39.5 Å². The molecule has 1 aliphatic heterocycles. The summed E-state index contributed by atoms with van der Waals surface area (Å²) in [6.07, 6.45) is 6.37. The lowest BCUT2D eigenvalue weighted by atomic mass is 9.90. The van der Waals surface area contributed by atoms with E-state index in [4.69, 9.17) is 0 Å². The predicted octanol–water partition coefficient (Wildman–Crippen LogP) is 1.78. The first-order chi connectivity index (χ1) is 7.62. The normalized spacial score (nSPS) is 27.4. The van der Waals surface area contributed by atoms with Crippen molar-refractivity contribution < 1.29 is 4.79 Å². The molecule has 0 spiro atoms. The number of nitrogens with one attached hydrogen (secondary N) is 2. The molecule has 0 bridgehead atoms. The van der Waals surface area contributed by atoms with Gasteiger partial charge in [-0.05, 0) is 45.4 Å². The lowest BCUT2D eigenvalue weighted by molar-refractivity contribution is -0.128. The first-order valence-electron chi connectivity index (χ1n) is 6.17. The maximum atomic E-state index is 12.2. The quantitative estimate of drug-likeness (QED) is 0.774. The van der Waals surface area contributed by atoms with Gasteiger partial charge in [0, 0.05) is 11.8 Å². The highest BCUT2D eigenvalue weighted by Gasteiger charge is 2.34. The minimum absolute atomic E-state index is 0.174. The van der Waals surface area contributed by atoms with Crippen LogP contribution in [0.15, 0.2) is 0 Å². The lowest BCUT2D eigenvalue weighted by Gasteiger charge is -2.34. The number of rotatable bonds is 5. The molecule has 1 rings (SSSR count). The van der Waals surface area contributed by atoms with Gasteiger partial charge in [-0.15, -0.1) is 0 Å². The van der Waals surface area contributed by atoms with Crippen LogP contribution < -0.4 is 10.6 Å². The summed E-state index contributed by atoms with van der Waals surface area (Å²) in [6, 6.07) is 0.308. The van der Waals surface area contributed by atoms with Crippen molar-refractivity contribution in [2.45, 2.75) is 51.1 Å². The smallest absolute Gasteiger partial charge is 0.240 e. The van der Waals surface area contributed by atoms with Gasteiger partial charge in [-0.2, -0.15) is 11.8 Å². The maximum Gasteiger partial charge on any atom is 0.240 e. The molecule has 1 saturated heterocycles. The van der Waals surface area contributed by atoms with Crippen molar-refractivity contribution in [3.05, 3.63) is 0 Å². The van der Waals surface area contributed by atoms with E-state index in [0.29, 0.717) is 6.04 Å². The first-order valence-corrected chi connectivity index (χ1v) is 7.56.